The van der Waals surface area contributed by atoms with E-state index in [0.717, 1.165) is 18.0 Å². The number of thioether (sulfide) groups is 1. The van der Waals surface area contributed by atoms with E-state index in [1.165, 1.54) is 31.7 Å². The van der Waals surface area contributed by atoms with Gasteiger partial charge in [-0.1, -0.05) is 24.6 Å². The lowest BCUT2D eigenvalue weighted by atomic mass is 10.3. The molecule has 0 aliphatic heterocycles. The van der Waals surface area contributed by atoms with Crippen molar-refractivity contribution in [3.63, 3.8) is 0 Å². The van der Waals surface area contributed by atoms with E-state index in [9.17, 15) is 4.79 Å². The van der Waals surface area contributed by atoms with Crippen LogP contribution < -0.4 is 5.73 Å². The van der Waals surface area contributed by atoms with E-state index in [1.54, 1.807) is 0 Å². The molecule has 0 spiro atoms. The minimum absolute atomic E-state index is 0.386. The summed E-state index contributed by atoms with van der Waals surface area (Å²) in [6.07, 6.45) is 4.66. The Morgan fingerprint density at radius 1 is 1.61 bits per heavy atom. The molecule has 0 aromatic carbocycles. The number of carbonyl (C=O) groups excluding carboxylic acids is 1. The van der Waals surface area contributed by atoms with E-state index in [0.29, 0.717) is 11.8 Å². The quantitative estimate of drug-likeness (QED) is 0.611. The maximum Gasteiger partial charge on any atom is 0.323 e. The molecule has 0 bridgehead atoms. The predicted octanol–water partition coefficient (Wildman–Crippen LogP) is 0.381. The zero-order chi connectivity index (χ0) is 13.0. The van der Waals surface area contributed by atoms with Gasteiger partial charge in [-0.3, -0.25) is 4.79 Å². The average molecular weight is 271 g/mol. The molecule has 1 fully saturated rings. The lowest BCUT2D eigenvalue weighted by Gasteiger charge is -2.12. The first-order valence-electron chi connectivity index (χ1n) is 5.96. The Bertz CT molecular complexity index is 405. The van der Waals surface area contributed by atoms with E-state index in [-0.39, 0.29) is 0 Å². The summed E-state index contributed by atoms with van der Waals surface area (Å²) in [6.45, 7) is 0. The molecule has 1 aliphatic carbocycles. The Balaban J connectivity index is 1.93. The van der Waals surface area contributed by atoms with Crippen LogP contribution in [0.2, 0.25) is 0 Å². The first kappa shape index (κ1) is 13.3. The SMILES string of the molecule is COC(=O)C(N)CSc1nnnn1C1CCCC1. The van der Waals surface area contributed by atoms with E-state index < -0.39 is 12.0 Å². The second kappa shape index (κ2) is 6.14. The van der Waals surface area contributed by atoms with Crippen LogP contribution in [0, 0.1) is 0 Å². The molecule has 1 unspecified atom stereocenters. The van der Waals surface area contributed by atoms with Crippen LogP contribution in [-0.4, -0.2) is 45.1 Å². The molecule has 2 N–H and O–H groups in total. The van der Waals surface area contributed by atoms with Gasteiger partial charge in [0.05, 0.1) is 13.2 Å². The Kier molecular flexibility index (Phi) is 4.54. The number of methoxy groups -OCH3 is 1. The molecule has 1 saturated carbocycles. The van der Waals surface area contributed by atoms with Gasteiger partial charge in [0, 0.05) is 5.75 Å². The Morgan fingerprint density at radius 2 is 2.33 bits per heavy atom. The van der Waals surface area contributed by atoms with Crippen LogP contribution in [0.4, 0.5) is 0 Å². The van der Waals surface area contributed by atoms with E-state index in [2.05, 4.69) is 20.3 Å². The number of hydrogen-bond donors (Lipinski definition) is 1. The molecule has 1 atom stereocenters. The summed E-state index contributed by atoms with van der Waals surface area (Å²) in [5.41, 5.74) is 5.67. The summed E-state index contributed by atoms with van der Waals surface area (Å²) < 4.78 is 6.43. The van der Waals surface area contributed by atoms with Crippen LogP contribution in [0.5, 0.6) is 0 Å². The highest BCUT2D eigenvalue weighted by atomic mass is 32.2. The summed E-state index contributed by atoms with van der Waals surface area (Å²) in [4.78, 5) is 11.2. The second-order valence-electron chi connectivity index (χ2n) is 4.28. The largest absolute Gasteiger partial charge is 0.468 e. The maximum atomic E-state index is 11.2. The highest BCUT2D eigenvalue weighted by Crippen LogP contribution is 2.31. The molecule has 2 rings (SSSR count). The van der Waals surface area contributed by atoms with Gasteiger partial charge in [-0.05, 0) is 23.3 Å². The third-order valence-electron chi connectivity index (χ3n) is 3.03. The number of esters is 1. The third kappa shape index (κ3) is 2.99. The number of ether oxygens (including phenoxy) is 1. The number of tetrazole rings is 1. The fourth-order valence-electron chi connectivity index (χ4n) is 2.04. The second-order valence-corrected chi connectivity index (χ2v) is 5.27. The average Bonchev–Trinajstić information content (AvgIpc) is 3.04. The van der Waals surface area contributed by atoms with E-state index in [4.69, 9.17) is 5.73 Å². The van der Waals surface area contributed by atoms with Crippen molar-refractivity contribution in [2.45, 2.75) is 42.9 Å². The molecular formula is C10H17N5O2S. The van der Waals surface area contributed by atoms with Crippen LogP contribution in [0.3, 0.4) is 0 Å². The van der Waals surface area contributed by atoms with Crippen molar-refractivity contribution in [2.75, 3.05) is 12.9 Å². The summed E-state index contributed by atoms with van der Waals surface area (Å²) in [5.74, 6) is 0.00198. The van der Waals surface area contributed by atoms with Crippen LogP contribution in [-0.2, 0) is 9.53 Å². The molecule has 7 nitrogen and oxygen atoms in total. The summed E-state index contributed by atoms with van der Waals surface area (Å²) in [6, 6.07) is -0.259. The first-order chi connectivity index (χ1) is 8.72. The highest BCUT2D eigenvalue weighted by molar-refractivity contribution is 7.99. The number of hydrogen-bond acceptors (Lipinski definition) is 7. The molecule has 1 aliphatic rings. The van der Waals surface area contributed by atoms with Crippen LogP contribution in [0.25, 0.3) is 0 Å². The van der Waals surface area contributed by atoms with Gasteiger partial charge in [0.25, 0.3) is 0 Å². The van der Waals surface area contributed by atoms with Crippen molar-refractivity contribution in [1.82, 2.24) is 20.2 Å². The molecule has 1 aromatic rings. The monoisotopic (exact) mass is 271 g/mol. The van der Waals surface area contributed by atoms with Gasteiger partial charge in [0.15, 0.2) is 0 Å². The minimum atomic E-state index is -0.645. The molecule has 0 amide bonds. The van der Waals surface area contributed by atoms with Gasteiger partial charge < -0.3 is 10.5 Å². The van der Waals surface area contributed by atoms with Crippen LogP contribution in [0.1, 0.15) is 31.7 Å². The molecule has 1 aromatic heterocycles. The first-order valence-corrected chi connectivity index (χ1v) is 6.95. The highest BCUT2D eigenvalue weighted by Gasteiger charge is 2.23. The normalized spacial score (nSPS) is 17.9. The Labute approximate surface area is 109 Å². The third-order valence-corrected chi connectivity index (χ3v) is 4.08. The van der Waals surface area contributed by atoms with Crippen molar-refractivity contribution < 1.29 is 9.53 Å². The Hall–Kier alpha value is -1.15. The number of nitrogens with zero attached hydrogens (tertiary/aromatic N) is 4. The van der Waals surface area contributed by atoms with Crippen LogP contribution >= 0.6 is 11.8 Å². The molecule has 8 heteroatoms. The van der Waals surface area contributed by atoms with Gasteiger partial charge >= 0.3 is 5.97 Å². The van der Waals surface area contributed by atoms with Gasteiger partial charge in [-0.15, -0.1) is 5.10 Å². The maximum absolute atomic E-state index is 11.2. The molecular weight excluding hydrogens is 254 g/mol. The van der Waals surface area contributed by atoms with Crippen molar-refractivity contribution >= 4 is 17.7 Å². The van der Waals surface area contributed by atoms with Gasteiger partial charge in [-0.25, -0.2) is 4.68 Å². The minimum Gasteiger partial charge on any atom is -0.468 e. The lowest BCUT2D eigenvalue weighted by molar-refractivity contribution is -0.141. The predicted molar refractivity (Wildman–Crippen MR) is 66.0 cm³/mol. The zero-order valence-corrected chi connectivity index (χ0v) is 11.1. The molecule has 0 saturated heterocycles. The lowest BCUT2D eigenvalue weighted by Crippen LogP contribution is -2.34. The zero-order valence-electron chi connectivity index (χ0n) is 10.3. The standard InChI is InChI=1S/C10H17N5O2S/c1-17-9(16)8(11)6-18-10-12-13-14-15(10)7-4-2-3-5-7/h7-8H,2-6,11H2,1H3. The van der Waals surface area contributed by atoms with Gasteiger partial charge in [0.2, 0.25) is 5.16 Å². The fourth-order valence-corrected chi connectivity index (χ4v) is 2.92. The Morgan fingerprint density at radius 3 is 3.00 bits per heavy atom. The molecule has 0 radical (unpaired) electrons. The van der Waals surface area contributed by atoms with Gasteiger partial charge in [-0.2, -0.15) is 0 Å². The summed E-state index contributed by atoms with van der Waals surface area (Å²) in [7, 11) is 1.33. The van der Waals surface area contributed by atoms with Crippen LogP contribution in [0.15, 0.2) is 5.16 Å². The molecule has 1 heterocycles. The number of carbonyl (C=O) groups is 1. The topological polar surface area (TPSA) is 95.9 Å². The summed E-state index contributed by atoms with van der Waals surface area (Å²) >= 11 is 1.39. The smallest absolute Gasteiger partial charge is 0.323 e. The molecule has 100 valence electrons. The molecule has 18 heavy (non-hydrogen) atoms. The van der Waals surface area contributed by atoms with Crippen molar-refractivity contribution in [1.29, 1.82) is 0 Å². The van der Waals surface area contributed by atoms with E-state index >= 15 is 0 Å². The van der Waals surface area contributed by atoms with Gasteiger partial charge in [0.1, 0.15) is 6.04 Å². The number of rotatable bonds is 5. The number of nitrogens with two attached hydrogens (primary N) is 1. The van der Waals surface area contributed by atoms with Crippen molar-refractivity contribution in [3.05, 3.63) is 0 Å². The van der Waals surface area contributed by atoms with Crippen molar-refractivity contribution in [3.8, 4) is 0 Å². The fraction of sp³-hybridized carbons (Fsp3) is 0.800. The number of aromatic nitrogens is 4. The van der Waals surface area contributed by atoms with E-state index in [1.807, 2.05) is 4.68 Å². The van der Waals surface area contributed by atoms with Crippen molar-refractivity contribution in [2.24, 2.45) is 5.73 Å². The summed E-state index contributed by atoms with van der Waals surface area (Å²) in [5, 5.41) is 12.4.